The third-order valence-electron chi connectivity index (χ3n) is 8.03. The highest BCUT2D eigenvalue weighted by molar-refractivity contribution is 6.11. The van der Waals surface area contributed by atoms with Crippen LogP contribution in [-0.4, -0.2) is 78.6 Å². The molecule has 4 aliphatic heterocycles. The molecule has 11 nitrogen and oxygen atoms in total. The molecule has 2 aromatic carbocycles. The van der Waals surface area contributed by atoms with Crippen molar-refractivity contribution in [2.75, 3.05) is 27.9 Å². The number of benzene rings is 2. The van der Waals surface area contributed by atoms with Gasteiger partial charge in [0.15, 0.2) is 11.9 Å². The highest BCUT2D eigenvalue weighted by Gasteiger charge is 2.92. The van der Waals surface area contributed by atoms with Crippen LogP contribution in [-0.2, 0) is 30.1 Å². The molecule has 2 bridgehead atoms. The third kappa shape index (κ3) is 2.17. The van der Waals surface area contributed by atoms with E-state index in [-0.39, 0.29) is 52.6 Å². The lowest BCUT2D eigenvalue weighted by Crippen LogP contribution is -2.69. The van der Waals surface area contributed by atoms with Crippen LogP contribution in [0.4, 0.5) is 0 Å². The first-order chi connectivity index (χ1) is 16.8. The van der Waals surface area contributed by atoms with Gasteiger partial charge in [-0.1, -0.05) is 0 Å². The standard InChI is InChI=1S/C24H24O11/c1-29-17-9-5-4-6-11(25)13(9)16(27)14-10(17)7-12(26)15-18(14)33-23(28)20-19(15)34-24(35-20,21(30-2)31-3)22(23)8-32-22/h7,19-21,26-28H,4-6,8H2,1-3H3/t19-,20-,22-,23-,24-/m0/s1. The summed E-state index contributed by atoms with van der Waals surface area (Å²) in [7, 11) is 4.27. The zero-order chi connectivity index (χ0) is 24.5. The van der Waals surface area contributed by atoms with Gasteiger partial charge in [0.25, 0.3) is 11.6 Å². The summed E-state index contributed by atoms with van der Waals surface area (Å²) in [4.78, 5) is 12.8. The van der Waals surface area contributed by atoms with Crippen LogP contribution in [0, 0.1) is 0 Å². The van der Waals surface area contributed by atoms with E-state index in [1.54, 1.807) is 0 Å². The molecule has 3 fully saturated rings. The number of phenolic OH excluding ortho intramolecular Hbond substituents is 2. The molecule has 0 aromatic heterocycles. The van der Waals surface area contributed by atoms with Crippen LogP contribution in [0.3, 0.4) is 0 Å². The number of rotatable bonds is 4. The van der Waals surface area contributed by atoms with E-state index < -0.39 is 35.7 Å². The molecule has 186 valence electrons. The normalized spacial score (nSPS) is 36.0. The van der Waals surface area contributed by atoms with Gasteiger partial charge >= 0.3 is 0 Å². The number of aliphatic hydroxyl groups is 1. The largest absolute Gasteiger partial charge is 0.507 e. The molecule has 4 heterocycles. The fourth-order valence-electron chi connectivity index (χ4n) is 6.50. The highest BCUT2D eigenvalue weighted by Crippen LogP contribution is 2.71. The second kappa shape index (κ2) is 6.55. The lowest BCUT2D eigenvalue weighted by molar-refractivity contribution is -0.344. The molecule has 3 N–H and O–H groups in total. The molecule has 35 heavy (non-hydrogen) atoms. The Bertz CT molecular complexity index is 1310. The number of Topliss-reactive ketones (excluding diaryl/α,β-unsaturated/α-hetero) is 1. The lowest BCUT2D eigenvalue weighted by atomic mass is 9.79. The number of epoxide rings is 1. The summed E-state index contributed by atoms with van der Waals surface area (Å²) in [6, 6.07) is 1.44. The van der Waals surface area contributed by atoms with Gasteiger partial charge in [-0.2, -0.15) is 0 Å². The molecule has 0 saturated carbocycles. The Morgan fingerprint density at radius 1 is 1.14 bits per heavy atom. The van der Waals surface area contributed by atoms with E-state index in [9.17, 15) is 20.1 Å². The number of carbonyl (C=O) groups is 1. The van der Waals surface area contributed by atoms with Gasteiger partial charge in [-0.25, -0.2) is 0 Å². The summed E-state index contributed by atoms with van der Waals surface area (Å²) in [5.41, 5.74) is -0.574. The number of fused-ring (bicyclic) bond motifs is 8. The zero-order valence-corrected chi connectivity index (χ0v) is 19.2. The number of hydrogen-bond donors (Lipinski definition) is 3. The van der Waals surface area contributed by atoms with Crippen LogP contribution >= 0.6 is 0 Å². The Kier molecular flexibility index (Phi) is 4.04. The third-order valence-corrected chi connectivity index (χ3v) is 8.03. The number of phenols is 2. The van der Waals surface area contributed by atoms with Crippen molar-refractivity contribution in [2.45, 2.75) is 54.9 Å². The predicted molar refractivity (Wildman–Crippen MR) is 115 cm³/mol. The zero-order valence-electron chi connectivity index (χ0n) is 19.2. The Hall–Kier alpha value is -2.67. The first-order valence-corrected chi connectivity index (χ1v) is 11.4. The number of methoxy groups -OCH3 is 3. The van der Waals surface area contributed by atoms with Crippen LogP contribution in [0.1, 0.15) is 40.4 Å². The average Bonchev–Trinajstić information content (AvgIpc) is 3.51. The maximum absolute atomic E-state index is 12.8. The summed E-state index contributed by atoms with van der Waals surface area (Å²) in [5, 5.41) is 34.9. The van der Waals surface area contributed by atoms with Crippen molar-refractivity contribution in [3.05, 3.63) is 22.8 Å². The van der Waals surface area contributed by atoms with Gasteiger partial charge in [-0.3, -0.25) is 4.79 Å². The minimum absolute atomic E-state index is 0.0268. The second-order valence-corrected chi connectivity index (χ2v) is 9.54. The molecule has 5 aliphatic rings. The molecule has 0 radical (unpaired) electrons. The maximum Gasteiger partial charge on any atom is 0.274 e. The number of ether oxygens (including phenoxy) is 7. The van der Waals surface area contributed by atoms with E-state index in [4.69, 9.17) is 33.2 Å². The lowest BCUT2D eigenvalue weighted by Gasteiger charge is -2.47. The summed E-state index contributed by atoms with van der Waals surface area (Å²) in [6.45, 7) is 0.0329. The molecule has 1 spiro atoms. The van der Waals surface area contributed by atoms with Crippen LogP contribution in [0.25, 0.3) is 10.8 Å². The van der Waals surface area contributed by atoms with Crippen molar-refractivity contribution in [3.63, 3.8) is 0 Å². The van der Waals surface area contributed by atoms with E-state index in [1.807, 2.05) is 0 Å². The van der Waals surface area contributed by atoms with Crippen LogP contribution < -0.4 is 9.47 Å². The molecule has 0 amide bonds. The molecule has 11 heteroatoms. The second-order valence-electron chi connectivity index (χ2n) is 9.54. The first kappa shape index (κ1) is 21.6. The van der Waals surface area contributed by atoms with E-state index in [1.165, 1.54) is 27.4 Å². The SMILES string of the molecule is COc1c2c(c(O)c3c4c(c(O)cc13)[C@@H]1O[C@@]3(C(OC)OC)O[C@@H]1[C@](O)(O4)[C@@]31CO1)C(=O)CCC2. The Balaban J connectivity index is 1.53. The Morgan fingerprint density at radius 3 is 2.54 bits per heavy atom. The fourth-order valence-corrected chi connectivity index (χ4v) is 6.50. The number of hydrogen-bond acceptors (Lipinski definition) is 11. The quantitative estimate of drug-likeness (QED) is 0.424. The van der Waals surface area contributed by atoms with Crippen molar-refractivity contribution in [1.82, 2.24) is 0 Å². The van der Waals surface area contributed by atoms with Crippen LogP contribution in [0.5, 0.6) is 23.0 Å². The van der Waals surface area contributed by atoms with Crippen LogP contribution in [0.15, 0.2) is 6.07 Å². The smallest absolute Gasteiger partial charge is 0.274 e. The minimum Gasteiger partial charge on any atom is -0.507 e. The van der Waals surface area contributed by atoms with Gasteiger partial charge in [-0.15, -0.1) is 0 Å². The van der Waals surface area contributed by atoms with Gasteiger partial charge in [0.05, 0.1) is 30.2 Å². The van der Waals surface area contributed by atoms with Gasteiger partial charge in [0, 0.05) is 31.6 Å². The van der Waals surface area contributed by atoms with Gasteiger partial charge in [0.1, 0.15) is 29.1 Å². The predicted octanol–water partition coefficient (Wildman–Crippen LogP) is 1.41. The van der Waals surface area contributed by atoms with Crippen molar-refractivity contribution in [3.8, 4) is 23.0 Å². The minimum atomic E-state index is -2.06. The molecule has 0 unspecified atom stereocenters. The summed E-state index contributed by atoms with van der Waals surface area (Å²) >= 11 is 0. The van der Waals surface area contributed by atoms with Gasteiger partial charge < -0.3 is 48.5 Å². The summed E-state index contributed by atoms with van der Waals surface area (Å²) in [6.07, 6.45) is -1.72. The van der Waals surface area contributed by atoms with Crippen molar-refractivity contribution >= 4 is 16.6 Å². The van der Waals surface area contributed by atoms with Crippen LogP contribution in [0.2, 0.25) is 0 Å². The van der Waals surface area contributed by atoms with Gasteiger partial charge in [-0.05, 0) is 18.9 Å². The van der Waals surface area contributed by atoms with E-state index in [2.05, 4.69) is 0 Å². The molecule has 3 saturated heterocycles. The van der Waals surface area contributed by atoms with E-state index in [0.29, 0.717) is 29.5 Å². The molecule has 1 aliphatic carbocycles. The Labute approximate surface area is 199 Å². The Morgan fingerprint density at radius 2 is 1.89 bits per heavy atom. The average molecular weight is 488 g/mol. The van der Waals surface area contributed by atoms with Gasteiger partial charge in [0.2, 0.25) is 11.9 Å². The summed E-state index contributed by atoms with van der Waals surface area (Å²) < 4.78 is 40.9. The van der Waals surface area contributed by atoms with Crippen molar-refractivity contribution in [1.29, 1.82) is 0 Å². The monoisotopic (exact) mass is 488 g/mol. The maximum atomic E-state index is 12.8. The van der Waals surface area contributed by atoms with E-state index >= 15 is 0 Å². The van der Waals surface area contributed by atoms with E-state index in [0.717, 1.165) is 0 Å². The topological polar surface area (TPSA) is 146 Å². The van der Waals surface area contributed by atoms with Crippen molar-refractivity contribution < 1.29 is 53.3 Å². The highest BCUT2D eigenvalue weighted by atomic mass is 16.9. The molecule has 5 atom stereocenters. The molecular formula is C24H24O11. The number of carbonyl (C=O) groups excluding carboxylic acids is 1. The fraction of sp³-hybridized carbons (Fsp3) is 0.542. The number of ketones is 1. The molecular weight excluding hydrogens is 464 g/mol. The first-order valence-electron chi connectivity index (χ1n) is 11.4. The molecule has 7 rings (SSSR count). The molecule has 2 aromatic rings. The van der Waals surface area contributed by atoms with Crippen molar-refractivity contribution in [2.24, 2.45) is 0 Å². The summed E-state index contributed by atoms with van der Waals surface area (Å²) in [5.74, 6) is -4.10. The number of aromatic hydroxyl groups is 2.